The van der Waals surface area contributed by atoms with Gasteiger partial charge in [0.25, 0.3) is 0 Å². The standard InChI is InChI=1S/C33H23N3/c1-33(2)27-12-6-4-10-22(27)26-18-25-20(17-28(26)33)15-16-24-23-11-5-8-14-30(23)36(31(24)25)32-34-19-21-9-3-7-13-29(21)35-32/h3-19H,1-2H3. The fourth-order valence-corrected chi connectivity index (χ4v) is 6.26. The fraction of sp³-hybridized carbons (Fsp3) is 0.0909. The van der Waals surface area contributed by atoms with E-state index in [4.69, 9.17) is 9.97 Å². The number of hydrogen-bond donors (Lipinski definition) is 0. The average Bonchev–Trinajstić information content (AvgIpc) is 3.37. The van der Waals surface area contributed by atoms with Crippen LogP contribution in [-0.4, -0.2) is 14.5 Å². The minimum absolute atomic E-state index is 0.0246. The Hall–Kier alpha value is -4.50. The zero-order chi connectivity index (χ0) is 24.0. The van der Waals surface area contributed by atoms with E-state index in [9.17, 15) is 0 Å². The summed E-state index contributed by atoms with van der Waals surface area (Å²) in [7, 11) is 0. The predicted molar refractivity (Wildman–Crippen MR) is 149 cm³/mol. The monoisotopic (exact) mass is 461 g/mol. The Labute approximate surface area is 208 Å². The average molecular weight is 462 g/mol. The number of hydrogen-bond acceptors (Lipinski definition) is 2. The molecular weight excluding hydrogens is 438 g/mol. The van der Waals surface area contributed by atoms with Gasteiger partial charge in [0.05, 0.1) is 16.6 Å². The topological polar surface area (TPSA) is 30.7 Å². The van der Waals surface area contributed by atoms with Crippen molar-refractivity contribution in [2.75, 3.05) is 0 Å². The Morgan fingerprint density at radius 1 is 0.639 bits per heavy atom. The van der Waals surface area contributed by atoms with Crippen LogP contribution in [0, 0.1) is 0 Å². The van der Waals surface area contributed by atoms with E-state index in [-0.39, 0.29) is 5.41 Å². The summed E-state index contributed by atoms with van der Waals surface area (Å²) in [6, 6.07) is 34.9. The molecule has 0 unspecified atom stereocenters. The van der Waals surface area contributed by atoms with Gasteiger partial charge >= 0.3 is 0 Å². The quantitative estimate of drug-likeness (QED) is 0.247. The third-order valence-electron chi connectivity index (χ3n) is 8.03. The Balaban J connectivity index is 1.54. The van der Waals surface area contributed by atoms with Gasteiger partial charge in [0.1, 0.15) is 0 Å². The number of para-hydroxylation sites is 2. The Morgan fingerprint density at radius 2 is 1.44 bits per heavy atom. The predicted octanol–water partition coefficient (Wildman–Crippen LogP) is 8.19. The third-order valence-corrected chi connectivity index (χ3v) is 8.03. The largest absolute Gasteiger partial charge is 0.277 e. The Kier molecular flexibility index (Phi) is 3.73. The van der Waals surface area contributed by atoms with Crippen molar-refractivity contribution < 1.29 is 0 Å². The van der Waals surface area contributed by atoms with Gasteiger partial charge in [-0.25, -0.2) is 9.97 Å². The summed E-state index contributed by atoms with van der Waals surface area (Å²) in [4.78, 5) is 9.85. The molecule has 3 nitrogen and oxygen atoms in total. The highest BCUT2D eigenvalue weighted by atomic mass is 15.2. The van der Waals surface area contributed by atoms with Crippen molar-refractivity contribution in [2.45, 2.75) is 19.3 Å². The van der Waals surface area contributed by atoms with E-state index in [1.165, 1.54) is 43.8 Å². The van der Waals surface area contributed by atoms with Crippen molar-refractivity contribution in [2.24, 2.45) is 0 Å². The first kappa shape index (κ1) is 19.8. The van der Waals surface area contributed by atoms with Crippen molar-refractivity contribution in [1.29, 1.82) is 0 Å². The minimum Gasteiger partial charge on any atom is -0.277 e. The van der Waals surface area contributed by atoms with Gasteiger partial charge in [-0.3, -0.25) is 4.57 Å². The van der Waals surface area contributed by atoms with Gasteiger partial charge in [-0.2, -0.15) is 0 Å². The zero-order valence-electron chi connectivity index (χ0n) is 20.2. The van der Waals surface area contributed by atoms with E-state index in [0.717, 1.165) is 21.9 Å². The van der Waals surface area contributed by atoms with Gasteiger partial charge in [0.15, 0.2) is 0 Å². The van der Waals surface area contributed by atoms with Gasteiger partial charge in [-0.05, 0) is 51.9 Å². The number of benzene rings is 5. The number of rotatable bonds is 1. The summed E-state index contributed by atoms with van der Waals surface area (Å²) < 4.78 is 2.25. The minimum atomic E-state index is -0.0246. The normalized spacial score (nSPS) is 14.1. The molecule has 0 spiro atoms. The van der Waals surface area contributed by atoms with E-state index < -0.39 is 0 Å². The smallest absolute Gasteiger partial charge is 0.235 e. The molecule has 0 N–H and O–H groups in total. The van der Waals surface area contributed by atoms with Crippen LogP contribution in [-0.2, 0) is 5.41 Å². The van der Waals surface area contributed by atoms with E-state index in [1.54, 1.807) is 0 Å². The van der Waals surface area contributed by atoms with Crippen LogP contribution in [0.5, 0.6) is 0 Å². The van der Waals surface area contributed by atoms with Crippen LogP contribution in [0.1, 0.15) is 25.0 Å². The molecule has 3 heteroatoms. The maximum absolute atomic E-state index is 5.01. The molecule has 0 radical (unpaired) electrons. The van der Waals surface area contributed by atoms with E-state index >= 15 is 0 Å². The molecule has 0 fully saturated rings. The summed E-state index contributed by atoms with van der Waals surface area (Å²) in [5, 5.41) is 5.95. The van der Waals surface area contributed by atoms with E-state index in [0.29, 0.717) is 5.95 Å². The first-order valence-electron chi connectivity index (χ1n) is 12.4. The summed E-state index contributed by atoms with van der Waals surface area (Å²) in [6.07, 6.45) is 1.93. The lowest BCUT2D eigenvalue weighted by Gasteiger charge is -2.21. The summed E-state index contributed by atoms with van der Waals surface area (Å²) in [5.41, 5.74) is 8.65. The fourth-order valence-electron chi connectivity index (χ4n) is 6.26. The van der Waals surface area contributed by atoms with Crippen molar-refractivity contribution >= 4 is 43.5 Å². The second kappa shape index (κ2) is 6.79. The second-order valence-corrected chi connectivity index (χ2v) is 10.3. The molecule has 1 aliphatic carbocycles. The zero-order valence-corrected chi connectivity index (χ0v) is 20.2. The number of fused-ring (bicyclic) bond motifs is 9. The molecule has 1 aliphatic rings. The maximum atomic E-state index is 5.01. The first-order chi connectivity index (χ1) is 17.6. The van der Waals surface area contributed by atoms with Gasteiger partial charge in [0.2, 0.25) is 5.95 Å². The summed E-state index contributed by atoms with van der Waals surface area (Å²) in [6.45, 7) is 4.67. The molecule has 2 aromatic heterocycles. The van der Waals surface area contributed by atoms with Crippen LogP contribution in [0.3, 0.4) is 0 Å². The molecule has 0 amide bonds. The molecule has 0 saturated carbocycles. The van der Waals surface area contributed by atoms with Gasteiger partial charge in [0, 0.05) is 33.2 Å². The summed E-state index contributed by atoms with van der Waals surface area (Å²) in [5.74, 6) is 0.702. The maximum Gasteiger partial charge on any atom is 0.235 e. The highest BCUT2D eigenvalue weighted by molar-refractivity contribution is 6.19. The number of nitrogens with zero attached hydrogens (tertiary/aromatic N) is 3. The van der Waals surface area contributed by atoms with Crippen molar-refractivity contribution in [1.82, 2.24) is 14.5 Å². The lowest BCUT2D eigenvalue weighted by molar-refractivity contribution is 0.661. The molecule has 0 bridgehead atoms. The SMILES string of the molecule is CC1(C)c2ccccc2-c2cc3c(ccc4c5ccccc5n(-c5ncc6ccccc6n5)c34)cc21. The third kappa shape index (κ3) is 2.47. The van der Waals surface area contributed by atoms with E-state index in [2.05, 4.69) is 103 Å². The Bertz CT molecular complexity index is 2030. The molecule has 0 aliphatic heterocycles. The van der Waals surface area contributed by atoms with Crippen LogP contribution >= 0.6 is 0 Å². The molecule has 2 heterocycles. The highest BCUT2D eigenvalue weighted by Gasteiger charge is 2.35. The Morgan fingerprint density at radius 3 is 2.39 bits per heavy atom. The number of aromatic nitrogens is 3. The van der Waals surface area contributed by atoms with E-state index in [1.807, 2.05) is 18.3 Å². The molecule has 0 saturated heterocycles. The molecule has 0 atom stereocenters. The van der Waals surface area contributed by atoms with Crippen molar-refractivity contribution in [3.05, 3.63) is 114 Å². The second-order valence-electron chi connectivity index (χ2n) is 10.3. The lowest BCUT2D eigenvalue weighted by atomic mass is 9.82. The van der Waals surface area contributed by atoms with Crippen molar-refractivity contribution in [3.8, 4) is 17.1 Å². The van der Waals surface area contributed by atoms with Gasteiger partial charge in [-0.1, -0.05) is 86.6 Å². The van der Waals surface area contributed by atoms with Crippen molar-refractivity contribution in [3.63, 3.8) is 0 Å². The van der Waals surface area contributed by atoms with Gasteiger partial charge < -0.3 is 0 Å². The molecule has 36 heavy (non-hydrogen) atoms. The van der Waals surface area contributed by atoms with Crippen LogP contribution in [0.2, 0.25) is 0 Å². The van der Waals surface area contributed by atoms with Gasteiger partial charge in [-0.15, -0.1) is 0 Å². The molecule has 5 aromatic carbocycles. The highest BCUT2D eigenvalue weighted by Crippen LogP contribution is 2.50. The van der Waals surface area contributed by atoms with Crippen LogP contribution in [0.25, 0.3) is 60.6 Å². The van der Waals surface area contributed by atoms with Crippen LogP contribution in [0.15, 0.2) is 103 Å². The molecule has 7 aromatic rings. The first-order valence-corrected chi connectivity index (χ1v) is 12.4. The van der Waals surface area contributed by atoms with Crippen LogP contribution < -0.4 is 0 Å². The van der Waals surface area contributed by atoms with Crippen LogP contribution in [0.4, 0.5) is 0 Å². The summed E-state index contributed by atoms with van der Waals surface area (Å²) >= 11 is 0. The lowest BCUT2D eigenvalue weighted by Crippen LogP contribution is -2.14. The molecule has 8 rings (SSSR count). The molecular formula is C33H23N3. The molecule has 170 valence electrons.